The molecule has 2 heterocycles. The molecule has 100 valence electrons. The van der Waals surface area contributed by atoms with E-state index in [2.05, 4.69) is 37.5 Å². The van der Waals surface area contributed by atoms with Crippen LogP contribution in [0.2, 0.25) is 0 Å². The standard InChI is InChI=1S/C14H27FN2/c1-11-9-13(10-17(11)14(2,3)4)16-7-5-12(15)6-8-16/h11-13H,5-10H2,1-4H3/t11-,13?/m0/s1. The highest BCUT2D eigenvalue weighted by Gasteiger charge is 2.38. The van der Waals surface area contributed by atoms with Crippen LogP contribution in [0.5, 0.6) is 0 Å². The van der Waals surface area contributed by atoms with Crippen molar-refractivity contribution in [1.82, 2.24) is 9.80 Å². The molecule has 2 aliphatic rings. The van der Waals surface area contributed by atoms with Crippen LogP contribution in [0.15, 0.2) is 0 Å². The van der Waals surface area contributed by atoms with Gasteiger partial charge in [0.25, 0.3) is 0 Å². The summed E-state index contributed by atoms with van der Waals surface area (Å²) in [5, 5.41) is 0. The van der Waals surface area contributed by atoms with Crippen LogP contribution in [-0.4, -0.2) is 53.2 Å². The molecular weight excluding hydrogens is 215 g/mol. The zero-order chi connectivity index (χ0) is 12.6. The van der Waals surface area contributed by atoms with E-state index in [1.807, 2.05) is 0 Å². The van der Waals surface area contributed by atoms with E-state index in [4.69, 9.17) is 0 Å². The molecule has 2 saturated heterocycles. The molecule has 0 N–H and O–H groups in total. The molecule has 0 spiro atoms. The molecule has 0 aromatic carbocycles. The van der Waals surface area contributed by atoms with Gasteiger partial charge < -0.3 is 0 Å². The Morgan fingerprint density at radius 2 is 1.71 bits per heavy atom. The summed E-state index contributed by atoms with van der Waals surface area (Å²) < 4.78 is 13.1. The molecule has 2 atom stereocenters. The van der Waals surface area contributed by atoms with Crippen molar-refractivity contribution in [2.24, 2.45) is 0 Å². The second-order valence-corrected chi connectivity index (χ2v) is 6.77. The summed E-state index contributed by atoms with van der Waals surface area (Å²) in [6, 6.07) is 1.31. The van der Waals surface area contributed by atoms with Crippen molar-refractivity contribution in [3.63, 3.8) is 0 Å². The van der Waals surface area contributed by atoms with Gasteiger partial charge in [-0.15, -0.1) is 0 Å². The molecule has 2 rings (SSSR count). The molecule has 0 aromatic rings. The summed E-state index contributed by atoms with van der Waals surface area (Å²) in [5.74, 6) is 0. The minimum atomic E-state index is -0.552. The zero-order valence-electron chi connectivity index (χ0n) is 11.7. The summed E-state index contributed by atoms with van der Waals surface area (Å²) in [4.78, 5) is 5.11. The average molecular weight is 242 g/mol. The van der Waals surface area contributed by atoms with E-state index in [9.17, 15) is 4.39 Å². The fraction of sp³-hybridized carbons (Fsp3) is 1.00. The van der Waals surface area contributed by atoms with E-state index in [-0.39, 0.29) is 5.54 Å². The number of hydrogen-bond acceptors (Lipinski definition) is 2. The number of likely N-dealkylation sites (tertiary alicyclic amines) is 2. The van der Waals surface area contributed by atoms with Crippen molar-refractivity contribution in [2.45, 2.75) is 70.8 Å². The predicted octanol–water partition coefficient (Wildman–Crippen LogP) is 2.68. The van der Waals surface area contributed by atoms with E-state index < -0.39 is 6.17 Å². The fourth-order valence-electron chi connectivity index (χ4n) is 3.44. The lowest BCUT2D eigenvalue weighted by molar-refractivity contribution is 0.0942. The van der Waals surface area contributed by atoms with Crippen molar-refractivity contribution in [1.29, 1.82) is 0 Å². The minimum absolute atomic E-state index is 0.257. The summed E-state index contributed by atoms with van der Waals surface area (Å²) >= 11 is 0. The Morgan fingerprint density at radius 1 is 1.12 bits per heavy atom. The van der Waals surface area contributed by atoms with Gasteiger partial charge in [0.2, 0.25) is 0 Å². The van der Waals surface area contributed by atoms with Crippen LogP contribution in [0.3, 0.4) is 0 Å². The van der Waals surface area contributed by atoms with Crippen molar-refractivity contribution in [2.75, 3.05) is 19.6 Å². The number of alkyl halides is 1. The van der Waals surface area contributed by atoms with Crippen molar-refractivity contribution >= 4 is 0 Å². The monoisotopic (exact) mass is 242 g/mol. The first-order valence-electron chi connectivity index (χ1n) is 7.03. The number of rotatable bonds is 1. The minimum Gasteiger partial charge on any atom is -0.299 e. The van der Waals surface area contributed by atoms with E-state index in [1.54, 1.807) is 0 Å². The van der Waals surface area contributed by atoms with Crippen LogP contribution in [0.1, 0.15) is 47.0 Å². The molecule has 0 saturated carbocycles. The van der Waals surface area contributed by atoms with Gasteiger partial charge in [0.05, 0.1) is 0 Å². The molecule has 3 heteroatoms. The van der Waals surface area contributed by atoms with Crippen LogP contribution in [0.25, 0.3) is 0 Å². The van der Waals surface area contributed by atoms with Crippen molar-refractivity contribution in [3.05, 3.63) is 0 Å². The van der Waals surface area contributed by atoms with Crippen LogP contribution in [0, 0.1) is 0 Å². The number of hydrogen-bond donors (Lipinski definition) is 0. The third-order valence-electron chi connectivity index (χ3n) is 4.39. The zero-order valence-corrected chi connectivity index (χ0v) is 11.7. The number of piperidine rings is 1. The van der Waals surface area contributed by atoms with E-state index >= 15 is 0 Å². The largest absolute Gasteiger partial charge is 0.299 e. The Kier molecular flexibility index (Phi) is 3.79. The Morgan fingerprint density at radius 3 is 2.18 bits per heavy atom. The quantitative estimate of drug-likeness (QED) is 0.697. The molecule has 0 radical (unpaired) electrons. The second kappa shape index (κ2) is 4.85. The van der Waals surface area contributed by atoms with E-state index in [0.29, 0.717) is 12.1 Å². The molecular formula is C14H27FN2. The summed E-state index contributed by atoms with van der Waals surface area (Å²) in [6.45, 7) is 12.3. The van der Waals surface area contributed by atoms with Crippen LogP contribution in [-0.2, 0) is 0 Å². The fourth-order valence-corrected chi connectivity index (χ4v) is 3.44. The SMILES string of the molecule is C[C@H]1CC(N2CCC(F)CC2)CN1C(C)(C)C. The summed E-state index contributed by atoms with van der Waals surface area (Å²) in [7, 11) is 0. The first kappa shape index (κ1) is 13.3. The molecule has 0 aliphatic carbocycles. The molecule has 0 aromatic heterocycles. The maximum absolute atomic E-state index is 13.1. The lowest BCUT2D eigenvalue weighted by atomic mass is 10.1. The van der Waals surface area contributed by atoms with Gasteiger partial charge in [-0.2, -0.15) is 0 Å². The normalized spacial score (nSPS) is 34.4. The lowest BCUT2D eigenvalue weighted by Gasteiger charge is -2.37. The smallest absolute Gasteiger partial charge is 0.103 e. The van der Waals surface area contributed by atoms with Gasteiger partial charge in [0.15, 0.2) is 0 Å². The van der Waals surface area contributed by atoms with Gasteiger partial charge in [-0.3, -0.25) is 9.80 Å². The Hall–Kier alpha value is -0.150. The number of halogens is 1. The maximum atomic E-state index is 13.1. The molecule has 1 unspecified atom stereocenters. The molecule has 2 fully saturated rings. The topological polar surface area (TPSA) is 6.48 Å². The third kappa shape index (κ3) is 3.00. The predicted molar refractivity (Wildman–Crippen MR) is 70.0 cm³/mol. The van der Waals surface area contributed by atoms with Crippen molar-refractivity contribution < 1.29 is 4.39 Å². The molecule has 17 heavy (non-hydrogen) atoms. The Bertz CT molecular complexity index is 253. The first-order valence-corrected chi connectivity index (χ1v) is 7.03. The lowest BCUT2D eigenvalue weighted by Crippen LogP contribution is -2.47. The highest BCUT2D eigenvalue weighted by molar-refractivity contribution is 4.95. The Labute approximate surface area is 105 Å². The van der Waals surface area contributed by atoms with E-state index in [1.165, 1.54) is 6.42 Å². The van der Waals surface area contributed by atoms with Crippen molar-refractivity contribution in [3.8, 4) is 0 Å². The van der Waals surface area contributed by atoms with Gasteiger partial charge in [-0.05, 0) is 47.0 Å². The van der Waals surface area contributed by atoms with Gasteiger partial charge in [-0.25, -0.2) is 4.39 Å². The summed E-state index contributed by atoms with van der Waals surface area (Å²) in [6.07, 6.45) is 2.17. The second-order valence-electron chi connectivity index (χ2n) is 6.77. The molecule has 2 nitrogen and oxygen atoms in total. The van der Waals surface area contributed by atoms with Gasteiger partial charge in [0.1, 0.15) is 6.17 Å². The van der Waals surface area contributed by atoms with Gasteiger partial charge in [0, 0.05) is 37.3 Å². The maximum Gasteiger partial charge on any atom is 0.103 e. The molecule has 0 bridgehead atoms. The van der Waals surface area contributed by atoms with Gasteiger partial charge in [-0.1, -0.05) is 0 Å². The highest BCUT2D eigenvalue weighted by atomic mass is 19.1. The summed E-state index contributed by atoms with van der Waals surface area (Å²) in [5.41, 5.74) is 0.257. The first-order chi connectivity index (χ1) is 7.88. The molecule has 0 amide bonds. The van der Waals surface area contributed by atoms with Crippen LogP contribution < -0.4 is 0 Å². The van der Waals surface area contributed by atoms with E-state index in [0.717, 1.165) is 32.5 Å². The molecule has 2 aliphatic heterocycles. The highest BCUT2D eigenvalue weighted by Crippen LogP contribution is 2.30. The van der Waals surface area contributed by atoms with Crippen LogP contribution in [0.4, 0.5) is 4.39 Å². The van der Waals surface area contributed by atoms with Gasteiger partial charge >= 0.3 is 0 Å². The third-order valence-corrected chi connectivity index (χ3v) is 4.39. The number of nitrogens with zero attached hydrogens (tertiary/aromatic N) is 2. The van der Waals surface area contributed by atoms with Crippen LogP contribution >= 0.6 is 0 Å². The average Bonchev–Trinajstić information content (AvgIpc) is 2.61. The Balaban J connectivity index is 1.92.